The summed E-state index contributed by atoms with van der Waals surface area (Å²) in [6.07, 6.45) is 8.45. The first kappa shape index (κ1) is 28.8. The minimum absolute atomic E-state index is 0.311. The Kier molecular flexibility index (Phi) is 7.04. The molecule has 3 atom stereocenters. The summed E-state index contributed by atoms with van der Waals surface area (Å²) < 4.78 is 0. The Bertz CT molecular complexity index is 2140. The highest BCUT2D eigenvalue weighted by molar-refractivity contribution is 5.79. The van der Waals surface area contributed by atoms with Crippen LogP contribution in [0.3, 0.4) is 0 Å². The SMILES string of the molecule is Cc1ccc(-c2ccc3c(c2)C2CC(c4ccc(N(C)c5cccc(-c6ccc7c(c6)CC7)c5)cc4)C=CC2N3c2ccccc2)cc1. The van der Waals surface area contributed by atoms with Crippen molar-refractivity contribution in [1.29, 1.82) is 0 Å². The van der Waals surface area contributed by atoms with E-state index in [1.807, 2.05) is 0 Å². The second kappa shape index (κ2) is 11.7. The zero-order chi connectivity index (χ0) is 32.2. The molecule has 0 fully saturated rings. The highest BCUT2D eigenvalue weighted by Gasteiger charge is 2.41. The number of aryl methyl sites for hydroxylation is 3. The molecule has 0 saturated carbocycles. The molecule has 0 N–H and O–H groups in total. The van der Waals surface area contributed by atoms with Gasteiger partial charge in [-0.15, -0.1) is 0 Å². The monoisotopic (exact) mass is 620 g/mol. The average molecular weight is 621 g/mol. The van der Waals surface area contributed by atoms with Crippen LogP contribution in [-0.4, -0.2) is 13.1 Å². The maximum absolute atomic E-state index is 2.55. The maximum Gasteiger partial charge on any atom is 0.0592 e. The van der Waals surface area contributed by atoms with Crippen LogP contribution in [0.4, 0.5) is 22.7 Å². The number of hydrogen-bond acceptors (Lipinski definition) is 2. The van der Waals surface area contributed by atoms with Crippen LogP contribution in [0.5, 0.6) is 0 Å². The molecule has 48 heavy (non-hydrogen) atoms. The fraction of sp³-hybridized carbons (Fsp3) is 0.174. The van der Waals surface area contributed by atoms with Crippen LogP contribution in [-0.2, 0) is 12.8 Å². The van der Waals surface area contributed by atoms with Gasteiger partial charge in [-0.2, -0.15) is 0 Å². The van der Waals surface area contributed by atoms with E-state index in [0.717, 1.165) is 6.42 Å². The van der Waals surface area contributed by atoms with Gasteiger partial charge < -0.3 is 9.80 Å². The van der Waals surface area contributed by atoms with Crippen molar-refractivity contribution >= 4 is 22.7 Å². The predicted molar refractivity (Wildman–Crippen MR) is 202 cm³/mol. The summed E-state index contributed by atoms with van der Waals surface area (Å²) in [5, 5.41) is 0. The van der Waals surface area contributed by atoms with Crippen molar-refractivity contribution in [1.82, 2.24) is 0 Å². The van der Waals surface area contributed by atoms with E-state index >= 15 is 0 Å². The molecule has 0 amide bonds. The van der Waals surface area contributed by atoms with Crippen LogP contribution in [0.25, 0.3) is 22.3 Å². The van der Waals surface area contributed by atoms with Crippen molar-refractivity contribution in [3.05, 3.63) is 179 Å². The van der Waals surface area contributed by atoms with Gasteiger partial charge in [0.2, 0.25) is 0 Å². The van der Waals surface area contributed by atoms with Crippen molar-refractivity contribution in [2.24, 2.45) is 0 Å². The van der Waals surface area contributed by atoms with E-state index in [9.17, 15) is 0 Å². The molecule has 3 aliphatic rings. The molecule has 0 spiro atoms. The van der Waals surface area contributed by atoms with Crippen molar-refractivity contribution in [2.75, 3.05) is 16.8 Å². The zero-order valence-electron chi connectivity index (χ0n) is 27.7. The van der Waals surface area contributed by atoms with Gasteiger partial charge in [0, 0.05) is 41.6 Å². The van der Waals surface area contributed by atoms with Gasteiger partial charge in [0.1, 0.15) is 0 Å². The van der Waals surface area contributed by atoms with Crippen LogP contribution in [0.2, 0.25) is 0 Å². The fourth-order valence-corrected chi connectivity index (χ4v) is 8.12. The largest absolute Gasteiger partial charge is 0.345 e. The first-order valence-corrected chi connectivity index (χ1v) is 17.4. The van der Waals surface area contributed by atoms with E-state index in [0.29, 0.717) is 17.9 Å². The average Bonchev–Trinajstić information content (AvgIpc) is 3.45. The summed E-state index contributed by atoms with van der Waals surface area (Å²) >= 11 is 0. The molecule has 0 saturated heterocycles. The molecule has 9 rings (SSSR count). The molecule has 6 aromatic carbocycles. The molecule has 1 aliphatic heterocycles. The van der Waals surface area contributed by atoms with Crippen LogP contribution >= 0.6 is 0 Å². The first-order chi connectivity index (χ1) is 23.6. The summed E-state index contributed by atoms with van der Waals surface area (Å²) in [5.74, 6) is 0.789. The molecular formula is C46H40N2. The van der Waals surface area contributed by atoms with E-state index in [2.05, 4.69) is 175 Å². The second-order valence-corrected chi connectivity index (χ2v) is 13.9. The Labute approximate surface area is 284 Å². The van der Waals surface area contributed by atoms with Crippen LogP contribution in [0.15, 0.2) is 152 Å². The van der Waals surface area contributed by atoms with Crippen molar-refractivity contribution in [2.45, 2.75) is 44.1 Å². The summed E-state index contributed by atoms with van der Waals surface area (Å²) in [4.78, 5) is 4.86. The minimum atomic E-state index is 0.311. The number of nitrogens with zero attached hydrogens (tertiary/aromatic N) is 2. The molecule has 234 valence electrons. The lowest BCUT2D eigenvalue weighted by Gasteiger charge is -2.33. The van der Waals surface area contributed by atoms with Crippen molar-refractivity contribution in [3.63, 3.8) is 0 Å². The van der Waals surface area contributed by atoms with E-state index in [4.69, 9.17) is 0 Å². The molecule has 1 heterocycles. The van der Waals surface area contributed by atoms with Crippen LogP contribution in [0.1, 0.15) is 46.1 Å². The molecule has 2 aliphatic carbocycles. The van der Waals surface area contributed by atoms with E-state index in [1.165, 1.54) is 85.7 Å². The smallest absolute Gasteiger partial charge is 0.0592 e. The van der Waals surface area contributed by atoms with Gasteiger partial charge in [-0.3, -0.25) is 0 Å². The number of hydrogen-bond donors (Lipinski definition) is 0. The lowest BCUT2D eigenvalue weighted by atomic mass is 9.78. The third kappa shape index (κ3) is 5.04. The lowest BCUT2D eigenvalue weighted by molar-refractivity contribution is 0.533. The lowest BCUT2D eigenvalue weighted by Crippen LogP contribution is -2.31. The predicted octanol–water partition coefficient (Wildman–Crippen LogP) is 11.5. The minimum Gasteiger partial charge on any atom is -0.345 e. The number of fused-ring (bicyclic) bond motifs is 4. The number of rotatable bonds is 6. The summed E-state index contributed by atoms with van der Waals surface area (Å²) in [6, 6.07) is 52.4. The van der Waals surface area contributed by atoms with Gasteiger partial charge in [-0.25, -0.2) is 0 Å². The molecular weight excluding hydrogens is 581 g/mol. The van der Waals surface area contributed by atoms with Crippen molar-refractivity contribution in [3.8, 4) is 22.3 Å². The highest BCUT2D eigenvalue weighted by Crippen LogP contribution is 2.52. The molecule has 0 bridgehead atoms. The van der Waals surface area contributed by atoms with E-state index in [1.54, 1.807) is 0 Å². The van der Waals surface area contributed by atoms with Crippen LogP contribution in [0, 0.1) is 6.92 Å². The quantitative estimate of drug-likeness (QED) is 0.171. The third-order valence-corrected chi connectivity index (χ3v) is 11.0. The zero-order valence-corrected chi connectivity index (χ0v) is 27.7. The number of para-hydroxylation sites is 1. The van der Waals surface area contributed by atoms with E-state index in [-0.39, 0.29) is 0 Å². The first-order valence-electron chi connectivity index (χ1n) is 17.4. The van der Waals surface area contributed by atoms with Gasteiger partial charge in [0.05, 0.1) is 6.04 Å². The molecule has 2 nitrogen and oxygen atoms in total. The van der Waals surface area contributed by atoms with Gasteiger partial charge in [0.15, 0.2) is 0 Å². The number of benzene rings is 6. The molecule has 0 radical (unpaired) electrons. The maximum atomic E-state index is 2.55. The topological polar surface area (TPSA) is 6.48 Å². The van der Waals surface area contributed by atoms with Gasteiger partial charge >= 0.3 is 0 Å². The Morgan fingerprint density at radius 1 is 0.583 bits per heavy atom. The van der Waals surface area contributed by atoms with Gasteiger partial charge in [-0.1, -0.05) is 109 Å². The Morgan fingerprint density at radius 2 is 1.31 bits per heavy atom. The van der Waals surface area contributed by atoms with Gasteiger partial charge in [0.25, 0.3) is 0 Å². The molecule has 6 aromatic rings. The molecule has 2 heteroatoms. The summed E-state index contributed by atoms with van der Waals surface area (Å²) in [7, 11) is 2.18. The van der Waals surface area contributed by atoms with Crippen LogP contribution < -0.4 is 9.80 Å². The summed E-state index contributed by atoms with van der Waals surface area (Å²) in [6.45, 7) is 2.15. The molecule has 0 aromatic heterocycles. The van der Waals surface area contributed by atoms with Gasteiger partial charge in [-0.05, 0) is 119 Å². The molecule has 3 unspecified atom stereocenters. The second-order valence-electron chi connectivity index (χ2n) is 13.9. The number of anilines is 4. The Balaban J connectivity index is 0.994. The third-order valence-electron chi connectivity index (χ3n) is 11.0. The highest BCUT2D eigenvalue weighted by atomic mass is 15.2. The summed E-state index contributed by atoms with van der Waals surface area (Å²) in [5.41, 5.74) is 17.3. The van der Waals surface area contributed by atoms with Crippen molar-refractivity contribution < 1.29 is 0 Å². The van der Waals surface area contributed by atoms with E-state index < -0.39 is 0 Å². The Morgan fingerprint density at radius 3 is 2.08 bits per heavy atom. The number of allylic oxidation sites excluding steroid dienone is 1. The Hall–Kier alpha value is -5.34. The fourth-order valence-electron chi connectivity index (χ4n) is 8.12. The standard InChI is InChI=1S/C46H40N2/c1-31-11-13-32(14-12-31)38-21-25-45-43(29-38)44-30-39(22-26-46(44)48(45)41-8-4-3-5-9-41)34-19-23-40(24-20-34)47(2)42-10-6-7-35(28-42)37-18-16-33-15-17-36(33)27-37/h3-14,16,18-29,39,44,46H,15,17,30H2,1-2H3. The normalized spacial score (nSPS) is 18.9.